The number of rotatable bonds is 5. The third-order valence-corrected chi connectivity index (χ3v) is 7.22. The molecule has 0 bridgehead atoms. The van der Waals surface area contributed by atoms with Gasteiger partial charge in [0, 0.05) is 52.4 Å². The highest BCUT2D eigenvalue weighted by Crippen LogP contribution is 2.29. The van der Waals surface area contributed by atoms with Crippen LogP contribution in [0.25, 0.3) is 0 Å². The minimum atomic E-state index is 0.125. The van der Waals surface area contributed by atoms with E-state index in [4.69, 9.17) is 11.6 Å². The van der Waals surface area contributed by atoms with E-state index in [9.17, 15) is 4.79 Å². The number of hydrogen-bond donors (Lipinski definition) is 0. The molecule has 1 saturated heterocycles. The van der Waals surface area contributed by atoms with E-state index in [2.05, 4.69) is 28.5 Å². The number of amides is 1. The molecule has 1 aliphatic rings. The molecule has 1 amide bonds. The summed E-state index contributed by atoms with van der Waals surface area (Å²) in [7, 11) is 0. The molecule has 2 heterocycles. The monoisotopic (exact) mass is 428 g/mol. The molecule has 6 heteroatoms. The first kappa shape index (κ1) is 19.4. The van der Waals surface area contributed by atoms with Gasteiger partial charge in [0.2, 0.25) is 0 Å². The van der Waals surface area contributed by atoms with E-state index in [1.165, 1.54) is 4.88 Å². The number of thioether (sulfide) groups is 1. The van der Waals surface area contributed by atoms with Gasteiger partial charge in [0.15, 0.2) is 0 Å². The van der Waals surface area contributed by atoms with Crippen LogP contribution in [0.15, 0.2) is 70.9 Å². The number of thiophene rings is 1. The zero-order valence-electron chi connectivity index (χ0n) is 15.4. The lowest BCUT2D eigenvalue weighted by Crippen LogP contribution is -2.48. The van der Waals surface area contributed by atoms with Gasteiger partial charge in [-0.1, -0.05) is 35.9 Å². The van der Waals surface area contributed by atoms with Crippen molar-refractivity contribution >= 4 is 46.3 Å². The number of halogens is 1. The van der Waals surface area contributed by atoms with Gasteiger partial charge >= 0.3 is 0 Å². The molecular weight excluding hydrogens is 408 g/mol. The largest absolute Gasteiger partial charge is 0.368 e. The van der Waals surface area contributed by atoms with Crippen molar-refractivity contribution in [3.8, 4) is 0 Å². The molecule has 4 rings (SSSR count). The van der Waals surface area contributed by atoms with E-state index < -0.39 is 0 Å². The van der Waals surface area contributed by atoms with Crippen LogP contribution in [-0.2, 0) is 5.75 Å². The summed E-state index contributed by atoms with van der Waals surface area (Å²) < 4.78 is 0. The molecule has 1 fully saturated rings. The number of hydrogen-bond acceptors (Lipinski definition) is 4. The van der Waals surface area contributed by atoms with Crippen LogP contribution < -0.4 is 4.90 Å². The molecule has 0 radical (unpaired) electrons. The molecular formula is C22H21ClN2OS2. The SMILES string of the molecule is O=C(c1ccccc1SCc1cccs1)N1CCN(c2cccc(Cl)c2)CC1. The maximum atomic E-state index is 13.2. The highest BCUT2D eigenvalue weighted by atomic mass is 35.5. The summed E-state index contributed by atoms with van der Waals surface area (Å²) in [4.78, 5) is 19.8. The summed E-state index contributed by atoms with van der Waals surface area (Å²) in [5.74, 6) is 1.02. The molecule has 144 valence electrons. The second kappa shape index (κ2) is 9.03. The minimum Gasteiger partial charge on any atom is -0.368 e. The van der Waals surface area contributed by atoms with Crippen LogP contribution in [0.3, 0.4) is 0 Å². The minimum absolute atomic E-state index is 0.125. The maximum absolute atomic E-state index is 13.2. The maximum Gasteiger partial charge on any atom is 0.255 e. The van der Waals surface area contributed by atoms with E-state index in [1.807, 2.05) is 47.4 Å². The van der Waals surface area contributed by atoms with Gasteiger partial charge in [-0.25, -0.2) is 0 Å². The quantitative estimate of drug-likeness (QED) is 0.490. The van der Waals surface area contributed by atoms with Crippen LogP contribution in [-0.4, -0.2) is 37.0 Å². The molecule has 0 N–H and O–H groups in total. The standard InChI is InChI=1S/C22H21ClN2OS2/c23-17-5-3-6-18(15-17)24-10-12-25(13-11-24)22(26)20-8-1-2-9-21(20)28-16-19-7-4-14-27-19/h1-9,14-15H,10-13,16H2. The van der Waals surface area contributed by atoms with Crippen LogP contribution in [0.2, 0.25) is 5.02 Å². The van der Waals surface area contributed by atoms with Crippen molar-refractivity contribution in [2.24, 2.45) is 0 Å². The summed E-state index contributed by atoms with van der Waals surface area (Å²) in [6.07, 6.45) is 0. The Hall–Kier alpha value is -1.95. The number of carbonyl (C=O) groups excluding carboxylic acids is 1. The first-order chi connectivity index (χ1) is 13.7. The van der Waals surface area contributed by atoms with Crippen molar-refractivity contribution in [2.45, 2.75) is 10.6 Å². The summed E-state index contributed by atoms with van der Waals surface area (Å²) >= 11 is 9.60. The molecule has 3 nitrogen and oxygen atoms in total. The van der Waals surface area contributed by atoms with Gasteiger partial charge in [-0.3, -0.25) is 4.79 Å². The first-order valence-electron chi connectivity index (χ1n) is 9.25. The van der Waals surface area contributed by atoms with Crippen molar-refractivity contribution in [1.29, 1.82) is 0 Å². The Kier molecular flexibility index (Phi) is 6.25. The fraction of sp³-hybridized carbons (Fsp3) is 0.227. The normalized spacial score (nSPS) is 14.3. The number of benzene rings is 2. The smallest absolute Gasteiger partial charge is 0.255 e. The molecule has 1 aromatic heterocycles. The summed E-state index contributed by atoms with van der Waals surface area (Å²) in [5, 5.41) is 2.83. The lowest BCUT2D eigenvalue weighted by molar-refractivity contribution is 0.0743. The van der Waals surface area contributed by atoms with Gasteiger partial charge in [-0.15, -0.1) is 23.1 Å². The highest BCUT2D eigenvalue weighted by molar-refractivity contribution is 7.98. The summed E-state index contributed by atoms with van der Waals surface area (Å²) in [6.45, 7) is 3.07. The number of piperazine rings is 1. The van der Waals surface area contributed by atoms with Crippen LogP contribution in [0.4, 0.5) is 5.69 Å². The molecule has 0 atom stereocenters. The van der Waals surface area contributed by atoms with Gasteiger partial charge < -0.3 is 9.80 Å². The third kappa shape index (κ3) is 4.54. The molecule has 28 heavy (non-hydrogen) atoms. The van der Waals surface area contributed by atoms with E-state index in [1.54, 1.807) is 23.1 Å². The van der Waals surface area contributed by atoms with Gasteiger partial charge in [-0.2, -0.15) is 0 Å². The van der Waals surface area contributed by atoms with Gasteiger partial charge in [0.05, 0.1) is 5.56 Å². The number of anilines is 1. The van der Waals surface area contributed by atoms with Crippen molar-refractivity contribution in [3.63, 3.8) is 0 Å². The Labute approximate surface area is 178 Å². The molecule has 1 aliphatic heterocycles. The van der Waals surface area contributed by atoms with Gasteiger partial charge in [-0.05, 0) is 41.8 Å². The summed E-state index contributed by atoms with van der Waals surface area (Å²) in [5.41, 5.74) is 1.92. The topological polar surface area (TPSA) is 23.6 Å². The number of carbonyl (C=O) groups is 1. The van der Waals surface area contributed by atoms with E-state index in [-0.39, 0.29) is 5.91 Å². The lowest BCUT2D eigenvalue weighted by Gasteiger charge is -2.36. The zero-order valence-corrected chi connectivity index (χ0v) is 17.8. The first-order valence-corrected chi connectivity index (χ1v) is 11.5. The second-order valence-corrected chi connectivity index (χ2v) is 9.11. The average molecular weight is 429 g/mol. The molecule has 2 aromatic carbocycles. The van der Waals surface area contributed by atoms with Crippen molar-refractivity contribution in [2.75, 3.05) is 31.1 Å². The molecule has 3 aromatic rings. The molecule has 0 aliphatic carbocycles. The van der Waals surface area contributed by atoms with Crippen LogP contribution >= 0.6 is 34.7 Å². The van der Waals surface area contributed by atoms with Crippen molar-refractivity contribution in [1.82, 2.24) is 4.90 Å². The predicted octanol–water partition coefficient (Wildman–Crippen LogP) is 5.66. The fourth-order valence-corrected chi connectivity index (χ4v) is 5.33. The Morgan fingerprint density at radius 3 is 2.57 bits per heavy atom. The molecule has 0 spiro atoms. The summed E-state index contributed by atoms with van der Waals surface area (Å²) in [6, 6.07) is 20.1. The Morgan fingerprint density at radius 2 is 1.82 bits per heavy atom. The highest BCUT2D eigenvalue weighted by Gasteiger charge is 2.24. The Balaban J connectivity index is 1.41. The van der Waals surface area contributed by atoms with Crippen molar-refractivity contribution in [3.05, 3.63) is 81.5 Å². The second-order valence-electron chi connectivity index (χ2n) is 6.62. The average Bonchev–Trinajstić information content (AvgIpc) is 3.26. The van der Waals surface area contributed by atoms with Gasteiger partial charge in [0.25, 0.3) is 5.91 Å². The van der Waals surface area contributed by atoms with Crippen molar-refractivity contribution < 1.29 is 4.79 Å². The fourth-order valence-electron chi connectivity index (χ4n) is 3.32. The lowest BCUT2D eigenvalue weighted by atomic mass is 10.1. The van der Waals surface area contributed by atoms with Crippen LogP contribution in [0.5, 0.6) is 0 Å². The number of nitrogens with zero attached hydrogens (tertiary/aromatic N) is 2. The van der Waals surface area contributed by atoms with E-state index >= 15 is 0 Å². The molecule has 0 unspecified atom stereocenters. The van der Waals surface area contributed by atoms with E-state index in [0.717, 1.165) is 53.1 Å². The van der Waals surface area contributed by atoms with Crippen LogP contribution in [0, 0.1) is 0 Å². The van der Waals surface area contributed by atoms with E-state index in [0.29, 0.717) is 0 Å². The predicted molar refractivity (Wildman–Crippen MR) is 120 cm³/mol. The zero-order chi connectivity index (χ0) is 19.3. The third-order valence-electron chi connectivity index (χ3n) is 4.81. The molecule has 0 saturated carbocycles. The Morgan fingerprint density at radius 1 is 1.00 bits per heavy atom. The Bertz CT molecular complexity index is 937. The van der Waals surface area contributed by atoms with Gasteiger partial charge in [0.1, 0.15) is 0 Å². The van der Waals surface area contributed by atoms with Crippen LogP contribution in [0.1, 0.15) is 15.2 Å².